The number of rotatable bonds is 5. The summed E-state index contributed by atoms with van der Waals surface area (Å²) < 4.78 is 35.8. The van der Waals surface area contributed by atoms with Gasteiger partial charge in [-0.15, -0.1) is 0 Å². The Morgan fingerprint density at radius 1 is 1.25 bits per heavy atom. The highest BCUT2D eigenvalue weighted by Crippen LogP contribution is 2.21. The number of halogens is 1. The summed E-state index contributed by atoms with van der Waals surface area (Å²) in [6.07, 6.45) is 0.0806. The smallest absolute Gasteiger partial charge is 0.175 e. The maximum absolute atomic E-state index is 13.1. The number of aliphatic hydroxyl groups is 1. The first-order valence-corrected chi connectivity index (χ1v) is 8.25. The summed E-state index contributed by atoms with van der Waals surface area (Å²) in [6.45, 7) is 4.94. The van der Waals surface area contributed by atoms with Crippen LogP contribution < -0.4 is 5.32 Å². The fraction of sp³-hybridized carbons (Fsp3) is 0.571. The van der Waals surface area contributed by atoms with Crippen molar-refractivity contribution in [3.63, 3.8) is 0 Å². The van der Waals surface area contributed by atoms with Crippen molar-refractivity contribution >= 4 is 9.84 Å². The third-order valence-corrected chi connectivity index (χ3v) is 3.94. The highest BCUT2D eigenvalue weighted by atomic mass is 32.2. The lowest BCUT2D eigenvalue weighted by atomic mass is 9.99. The van der Waals surface area contributed by atoms with Crippen LogP contribution in [0.25, 0.3) is 0 Å². The van der Waals surface area contributed by atoms with Gasteiger partial charge in [-0.1, -0.05) is 12.1 Å². The average Bonchev–Trinajstić information content (AvgIpc) is 2.33. The van der Waals surface area contributed by atoms with Crippen molar-refractivity contribution < 1.29 is 17.9 Å². The Morgan fingerprint density at radius 3 is 2.10 bits per heavy atom. The van der Waals surface area contributed by atoms with Gasteiger partial charge in [0.1, 0.15) is 6.67 Å². The topological polar surface area (TPSA) is 66.4 Å². The molecule has 1 aromatic carbocycles. The third kappa shape index (κ3) is 4.85. The van der Waals surface area contributed by atoms with E-state index in [1.807, 2.05) is 20.8 Å². The van der Waals surface area contributed by atoms with Gasteiger partial charge in [0.15, 0.2) is 9.84 Å². The lowest BCUT2D eigenvalue weighted by Gasteiger charge is -2.30. The minimum atomic E-state index is -3.27. The molecule has 0 aliphatic rings. The molecule has 1 rings (SSSR count). The van der Waals surface area contributed by atoms with E-state index in [0.29, 0.717) is 5.56 Å². The predicted octanol–water partition coefficient (Wildman–Crippen LogP) is 1.85. The molecule has 0 heterocycles. The van der Waals surface area contributed by atoms with Gasteiger partial charge in [0.25, 0.3) is 0 Å². The summed E-state index contributed by atoms with van der Waals surface area (Å²) in [5, 5.41) is 13.2. The molecular weight excluding hydrogens is 281 g/mol. The van der Waals surface area contributed by atoms with E-state index in [-0.39, 0.29) is 10.4 Å². The predicted molar refractivity (Wildman–Crippen MR) is 77.2 cm³/mol. The number of hydrogen-bond acceptors (Lipinski definition) is 4. The van der Waals surface area contributed by atoms with E-state index >= 15 is 0 Å². The van der Waals surface area contributed by atoms with E-state index in [9.17, 15) is 17.9 Å². The fourth-order valence-corrected chi connectivity index (χ4v) is 2.53. The van der Waals surface area contributed by atoms with Crippen molar-refractivity contribution in [1.29, 1.82) is 0 Å². The molecule has 20 heavy (non-hydrogen) atoms. The van der Waals surface area contributed by atoms with E-state index in [1.165, 1.54) is 24.3 Å². The zero-order chi connectivity index (χ0) is 15.6. The first-order chi connectivity index (χ1) is 9.04. The lowest BCUT2D eigenvalue weighted by molar-refractivity contribution is 0.0980. The molecule has 6 heteroatoms. The van der Waals surface area contributed by atoms with Crippen molar-refractivity contribution in [2.24, 2.45) is 0 Å². The molecule has 2 unspecified atom stereocenters. The maximum atomic E-state index is 13.1. The van der Waals surface area contributed by atoms with Crippen LogP contribution in [0, 0.1) is 0 Å². The zero-order valence-electron chi connectivity index (χ0n) is 12.2. The van der Waals surface area contributed by atoms with Crippen molar-refractivity contribution in [3.8, 4) is 0 Å². The van der Waals surface area contributed by atoms with Gasteiger partial charge in [0.2, 0.25) is 0 Å². The molecule has 0 aliphatic heterocycles. The summed E-state index contributed by atoms with van der Waals surface area (Å²) in [7, 11) is -3.27. The molecular formula is C14H22FNO3S. The van der Waals surface area contributed by atoms with Crippen LogP contribution >= 0.6 is 0 Å². The highest BCUT2D eigenvalue weighted by Gasteiger charge is 2.25. The van der Waals surface area contributed by atoms with Gasteiger partial charge in [-0.25, -0.2) is 12.8 Å². The molecule has 0 saturated carbocycles. The Hall–Kier alpha value is -0.980. The summed E-state index contributed by atoms with van der Waals surface area (Å²) in [5.74, 6) is 0. The standard InChI is InChI=1S/C14H22FNO3S/c1-14(2,3)16-12(9-15)13(17)10-5-7-11(8-6-10)20(4,18)19/h5-8,12-13,16-17H,9H2,1-4H3. The molecule has 0 bridgehead atoms. The van der Waals surface area contributed by atoms with E-state index in [4.69, 9.17) is 0 Å². The van der Waals surface area contributed by atoms with Crippen molar-refractivity contribution in [1.82, 2.24) is 5.32 Å². The molecule has 2 atom stereocenters. The number of aliphatic hydroxyl groups excluding tert-OH is 1. The molecule has 0 amide bonds. The Bertz CT molecular complexity index is 535. The van der Waals surface area contributed by atoms with Crippen molar-refractivity contribution in [3.05, 3.63) is 29.8 Å². The Morgan fingerprint density at radius 2 is 1.75 bits per heavy atom. The van der Waals surface area contributed by atoms with Crippen LogP contribution in [-0.4, -0.2) is 38.0 Å². The highest BCUT2D eigenvalue weighted by molar-refractivity contribution is 7.90. The Kier molecular flexibility index (Phi) is 5.29. The number of nitrogens with one attached hydrogen (secondary N) is 1. The summed E-state index contributed by atoms with van der Waals surface area (Å²) in [4.78, 5) is 0.175. The normalized spacial score (nSPS) is 15.9. The lowest BCUT2D eigenvalue weighted by Crippen LogP contribution is -2.47. The van der Waals surface area contributed by atoms with Crippen molar-refractivity contribution in [2.75, 3.05) is 12.9 Å². The quantitative estimate of drug-likeness (QED) is 0.871. The number of sulfone groups is 1. The summed E-state index contributed by atoms with van der Waals surface area (Å²) in [6, 6.07) is 5.11. The maximum Gasteiger partial charge on any atom is 0.175 e. The van der Waals surface area contributed by atoms with E-state index in [2.05, 4.69) is 5.32 Å². The van der Waals surface area contributed by atoms with Gasteiger partial charge in [-0.3, -0.25) is 0 Å². The molecule has 2 N–H and O–H groups in total. The molecule has 114 valence electrons. The zero-order valence-corrected chi connectivity index (χ0v) is 13.0. The van der Waals surface area contributed by atoms with Crippen molar-refractivity contribution in [2.45, 2.75) is 43.4 Å². The largest absolute Gasteiger partial charge is 0.387 e. The SMILES string of the molecule is CC(C)(C)NC(CF)C(O)c1ccc(S(C)(=O)=O)cc1. The molecule has 0 fully saturated rings. The third-order valence-electron chi connectivity index (χ3n) is 2.82. The van der Waals surface area contributed by atoms with E-state index in [0.717, 1.165) is 6.26 Å². The Labute approximate surface area is 119 Å². The first kappa shape index (κ1) is 17.1. The Balaban J connectivity index is 2.93. The van der Waals surface area contributed by atoms with E-state index in [1.54, 1.807) is 0 Å². The second kappa shape index (κ2) is 6.20. The average molecular weight is 303 g/mol. The molecule has 0 spiro atoms. The summed E-state index contributed by atoms with van der Waals surface area (Å²) >= 11 is 0. The van der Waals surface area contributed by atoms with Gasteiger partial charge in [0, 0.05) is 11.8 Å². The second-order valence-corrected chi connectivity index (χ2v) is 7.96. The minimum absolute atomic E-state index is 0.175. The van der Waals surface area contributed by atoms with Gasteiger partial charge in [0.05, 0.1) is 17.0 Å². The monoisotopic (exact) mass is 303 g/mol. The minimum Gasteiger partial charge on any atom is -0.387 e. The van der Waals surface area contributed by atoms with Gasteiger partial charge in [-0.05, 0) is 38.5 Å². The summed E-state index contributed by atoms with van der Waals surface area (Å²) in [5.41, 5.74) is 0.154. The van der Waals surface area contributed by atoms with Crippen LogP contribution in [0.5, 0.6) is 0 Å². The number of benzene rings is 1. The number of alkyl halides is 1. The van der Waals surface area contributed by atoms with Crippen LogP contribution in [0.1, 0.15) is 32.4 Å². The van der Waals surface area contributed by atoms with Gasteiger partial charge in [-0.2, -0.15) is 0 Å². The molecule has 1 aromatic rings. The molecule has 0 aliphatic carbocycles. The van der Waals surface area contributed by atoms with Gasteiger partial charge < -0.3 is 10.4 Å². The number of hydrogen-bond donors (Lipinski definition) is 2. The first-order valence-electron chi connectivity index (χ1n) is 6.36. The second-order valence-electron chi connectivity index (χ2n) is 5.94. The molecule has 0 saturated heterocycles. The van der Waals surface area contributed by atoms with Crippen LogP contribution in [0.15, 0.2) is 29.2 Å². The van der Waals surface area contributed by atoms with Crippen LogP contribution in [-0.2, 0) is 9.84 Å². The fourth-order valence-electron chi connectivity index (χ4n) is 1.90. The van der Waals surface area contributed by atoms with Crippen LogP contribution in [0.3, 0.4) is 0 Å². The van der Waals surface area contributed by atoms with E-state index < -0.39 is 28.7 Å². The van der Waals surface area contributed by atoms with Crippen LogP contribution in [0.4, 0.5) is 4.39 Å². The molecule has 0 aromatic heterocycles. The van der Waals surface area contributed by atoms with Gasteiger partial charge >= 0.3 is 0 Å². The molecule has 0 radical (unpaired) electrons. The molecule has 4 nitrogen and oxygen atoms in total. The van der Waals surface area contributed by atoms with Crippen LogP contribution in [0.2, 0.25) is 0 Å².